The maximum atomic E-state index is 12.2. The second-order valence-electron chi connectivity index (χ2n) is 4.35. The third-order valence-electron chi connectivity index (χ3n) is 2.66. The van der Waals surface area contributed by atoms with Crippen LogP contribution in [0.15, 0.2) is 27.9 Å². The fourth-order valence-electron chi connectivity index (χ4n) is 1.58. The number of carbonyl (C=O) groups excluding carboxylic acids is 1. The van der Waals surface area contributed by atoms with Gasteiger partial charge in [-0.25, -0.2) is 4.98 Å². The van der Waals surface area contributed by atoms with Crippen LogP contribution in [0.3, 0.4) is 0 Å². The molecule has 0 fully saturated rings. The number of amides is 1. The number of aromatic nitrogens is 1. The Morgan fingerprint density at radius 1 is 1.52 bits per heavy atom. The Morgan fingerprint density at radius 2 is 2.29 bits per heavy atom. The number of nitrogens with one attached hydrogen (secondary N) is 1. The summed E-state index contributed by atoms with van der Waals surface area (Å²) < 4.78 is 5.97. The number of thiazole rings is 1. The molecule has 0 saturated heterocycles. The number of thioether (sulfide) groups is 1. The molecule has 0 aliphatic heterocycles. The van der Waals surface area contributed by atoms with E-state index in [4.69, 9.17) is 16.3 Å². The molecular weight excluding hydrogens is 328 g/mol. The van der Waals surface area contributed by atoms with E-state index in [0.717, 1.165) is 10.0 Å². The van der Waals surface area contributed by atoms with Crippen molar-refractivity contribution in [2.24, 2.45) is 0 Å². The summed E-state index contributed by atoms with van der Waals surface area (Å²) in [4.78, 5) is 16.5. The van der Waals surface area contributed by atoms with E-state index in [1.165, 1.54) is 11.8 Å². The van der Waals surface area contributed by atoms with Gasteiger partial charge in [0.1, 0.15) is 5.75 Å². The van der Waals surface area contributed by atoms with Gasteiger partial charge in [-0.1, -0.05) is 23.4 Å². The van der Waals surface area contributed by atoms with E-state index < -0.39 is 0 Å². The summed E-state index contributed by atoms with van der Waals surface area (Å²) in [6.07, 6.45) is 0. The molecule has 21 heavy (non-hydrogen) atoms. The molecule has 0 bridgehead atoms. The average molecular weight is 343 g/mol. The molecular formula is C14H15ClN2O2S2. The quantitative estimate of drug-likeness (QED) is 0.826. The smallest absolute Gasteiger partial charge is 0.237 e. The van der Waals surface area contributed by atoms with Crippen LogP contribution in [0.5, 0.6) is 5.75 Å². The van der Waals surface area contributed by atoms with Gasteiger partial charge in [-0.2, -0.15) is 0 Å². The summed E-state index contributed by atoms with van der Waals surface area (Å²) in [5.41, 5.74) is 1.62. The molecule has 4 nitrogen and oxygen atoms in total. The molecule has 2 aromatic rings. The topological polar surface area (TPSA) is 51.2 Å². The van der Waals surface area contributed by atoms with Gasteiger partial charge < -0.3 is 10.1 Å². The van der Waals surface area contributed by atoms with E-state index in [9.17, 15) is 4.79 Å². The van der Waals surface area contributed by atoms with Crippen molar-refractivity contribution in [1.29, 1.82) is 0 Å². The van der Waals surface area contributed by atoms with E-state index in [1.54, 1.807) is 36.6 Å². The zero-order valence-electron chi connectivity index (χ0n) is 11.8. The monoisotopic (exact) mass is 342 g/mol. The molecule has 0 aliphatic rings. The van der Waals surface area contributed by atoms with Crippen molar-refractivity contribution in [2.45, 2.75) is 23.4 Å². The zero-order chi connectivity index (χ0) is 15.4. The molecule has 0 aliphatic carbocycles. The van der Waals surface area contributed by atoms with Crippen molar-refractivity contribution in [3.63, 3.8) is 0 Å². The van der Waals surface area contributed by atoms with Crippen LogP contribution >= 0.6 is 34.7 Å². The summed E-state index contributed by atoms with van der Waals surface area (Å²) >= 11 is 9.02. The second kappa shape index (κ2) is 7.15. The van der Waals surface area contributed by atoms with E-state index in [0.29, 0.717) is 16.5 Å². The number of anilines is 1. The van der Waals surface area contributed by atoms with Crippen LogP contribution in [-0.4, -0.2) is 23.3 Å². The minimum absolute atomic E-state index is 0.0888. The van der Waals surface area contributed by atoms with E-state index in [2.05, 4.69) is 10.3 Å². The number of ether oxygens (including phenoxy) is 1. The predicted molar refractivity (Wildman–Crippen MR) is 88.8 cm³/mol. The Labute approximate surface area is 136 Å². The van der Waals surface area contributed by atoms with Crippen LogP contribution in [0, 0.1) is 6.92 Å². The van der Waals surface area contributed by atoms with Gasteiger partial charge in [-0.3, -0.25) is 4.79 Å². The molecule has 7 heteroatoms. The van der Waals surface area contributed by atoms with Crippen molar-refractivity contribution in [3.8, 4) is 5.75 Å². The van der Waals surface area contributed by atoms with Crippen molar-refractivity contribution in [3.05, 3.63) is 34.3 Å². The Kier molecular flexibility index (Phi) is 5.50. The Balaban J connectivity index is 1.98. The Hall–Kier alpha value is -1.24. The molecule has 2 rings (SSSR count). The molecule has 0 radical (unpaired) electrons. The largest absolute Gasteiger partial charge is 0.495 e. The van der Waals surface area contributed by atoms with Crippen molar-refractivity contribution in [1.82, 2.24) is 4.98 Å². The van der Waals surface area contributed by atoms with Gasteiger partial charge in [0.15, 0.2) is 4.34 Å². The number of halogens is 1. The van der Waals surface area contributed by atoms with Crippen LogP contribution in [-0.2, 0) is 4.79 Å². The summed E-state index contributed by atoms with van der Waals surface area (Å²) in [6, 6.07) is 5.15. The normalized spacial score (nSPS) is 12.0. The average Bonchev–Trinajstić information content (AvgIpc) is 2.84. The SMILES string of the molecule is COc1ccc(NC(=O)[C@@H](C)Sc2nc(C)cs2)cc1Cl. The lowest BCUT2D eigenvalue weighted by Crippen LogP contribution is -2.22. The summed E-state index contributed by atoms with van der Waals surface area (Å²) in [5.74, 6) is 0.490. The summed E-state index contributed by atoms with van der Waals surface area (Å²) in [7, 11) is 1.55. The molecule has 0 saturated carbocycles. The third-order valence-corrected chi connectivity index (χ3v) is 5.15. The van der Waals surface area contributed by atoms with Crippen LogP contribution in [0.25, 0.3) is 0 Å². The van der Waals surface area contributed by atoms with Gasteiger partial charge in [-0.05, 0) is 32.0 Å². The molecule has 1 N–H and O–H groups in total. The van der Waals surface area contributed by atoms with Gasteiger partial charge in [0.05, 0.1) is 17.4 Å². The first-order chi connectivity index (χ1) is 9.99. The highest BCUT2D eigenvalue weighted by atomic mass is 35.5. The number of aryl methyl sites for hydroxylation is 1. The van der Waals surface area contributed by atoms with Gasteiger partial charge >= 0.3 is 0 Å². The number of benzene rings is 1. The Bertz CT molecular complexity index is 646. The van der Waals surface area contributed by atoms with Crippen molar-refractivity contribution < 1.29 is 9.53 Å². The second-order valence-corrected chi connectivity index (χ2v) is 7.21. The number of methoxy groups -OCH3 is 1. The number of nitrogens with zero attached hydrogens (tertiary/aromatic N) is 1. The summed E-state index contributed by atoms with van der Waals surface area (Å²) in [6.45, 7) is 3.78. The number of carbonyl (C=O) groups is 1. The van der Waals surface area contributed by atoms with E-state index in [1.807, 2.05) is 19.2 Å². The van der Waals surface area contributed by atoms with E-state index in [-0.39, 0.29) is 11.2 Å². The lowest BCUT2D eigenvalue weighted by atomic mass is 10.3. The molecule has 0 spiro atoms. The highest BCUT2D eigenvalue weighted by Crippen LogP contribution is 2.29. The van der Waals surface area contributed by atoms with Crippen LogP contribution in [0.1, 0.15) is 12.6 Å². The lowest BCUT2D eigenvalue weighted by Gasteiger charge is -2.11. The van der Waals surface area contributed by atoms with E-state index >= 15 is 0 Å². The van der Waals surface area contributed by atoms with Gasteiger partial charge in [0, 0.05) is 16.8 Å². The van der Waals surface area contributed by atoms with Crippen molar-refractivity contribution >= 4 is 46.3 Å². The molecule has 1 heterocycles. The van der Waals surface area contributed by atoms with Crippen LogP contribution < -0.4 is 10.1 Å². The summed E-state index contributed by atoms with van der Waals surface area (Å²) in [5, 5.41) is 5.03. The molecule has 112 valence electrons. The predicted octanol–water partition coefficient (Wildman–Crippen LogP) is 4.23. The first-order valence-corrected chi connectivity index (χ1v) is 8.36. The highest BCUT2D eigenvalue weighted by molar-refractivity contribution is 8.02. The van der Waals surface area contributed by atoms with Crippen LogP contribution in [0.4, 0.5) is 5.69 Å². The number of hydrogen-bond acceptors (Lipinski definition) is 5. The first-order valence-electron chi connectivity index (χ1n) is 6.23. The Morgan fingerprint density at radius 3 is 2.86 bits per heavy atom. The highest BCUT2D eigenvalue weighted by Gasteiger charge is 2.16. The standard InChI is InChI=1S/C14H15ClN2O2S2/c1-8-7-20-14(16-8)21-9(2)13(18)17-10-4-5-12(19-3)11(15)6-10/h4-7,9H,1-3H3,(H,17,18)/t9-/m1/s1. The molecule has 1 aromatic carbocycles. The molecule has 1 amide bonds. The fourth-order valence-corrected chi connectivity index (χ4v) is 3.82. The van der Waals surface area contributed by atoms with Gasteiger partial charge in [-0.15, -0.1) is 11.3 Å². The minimum Gasteiger partial charge on any atom is -0.495 e. The van der Waals surface area contributed by atoms with Gasteiger partial charge in [0.25, 0.3) is 0 Å². The fraction of sp³-hybridized carbons (Fsp3) is 0.286. The van der Waals surface area contributed by atoms with Crippen molar-refractivity contribution in [2.75, 3.05) is 12.4 Å². The molecule has 1 atom stereocenters. The minimum atomic E-state index is -0.239. The third kappa shape index (κ3) is 4.36. The number of rotatable bonds is 5. The maximum Gasteiger partial charge on any atom is 0.237 e. The molecule has 0 unspecified atom stereocenters. The van der Waals surface area contributed by atoms with Crippen LogP contribution in [0.2, 0.25) is 5.02 Å². The molecule has 1 aromatic heterocycles. The first kappa shape index (κ1) is 16.1. The van der Waals surface area contributed by atoms with Gasteiger partial charge in [0.2, 0.25) is 5.91 Å². The maximum absolute atomic E-state index is 12.2. The lowest BCUT2D eigenvalue weighted by molar-refractivity contribution is -0.115. The number of hydrogen-bond donors (Lipinski definition) is 1. The zero-order valence-corrected chi connectivity index (χ0v) is 14.2.